The predicted octanol–water partition coefficient (Wildman–Crippen LogP) is 3.71. The molecule has 0 aliphatic heterocycles. The normalized spacial score (nSPS) is 15.2. The topological polar surface area (TPSA) is 85.4 Å². The van der Waals surface area contributed by atoms with Gasteiger partial charge in [0.2, 0.25) is 0 Å². The van der Waals surface area contributed by atoms with Crippen LogP contribution in [0.15, 0.2) is 12.1 Å². The van der Waals surface area contributed by atoms with Crippen LogP contribution in [0.4, 0.5) is 5.69 Å². The standard InChI is InChI=1S/C18H22N2O3/c1-3-11-8-9-13-15(17(11)23-12-6-4-5-7-12)16(19)14(18(21)22)10(2)20-13/h8-9,12H,3-7H2,1-2H3,(H2,19,20)(H,21,22). The molecule has 3 rings (SSSR count). The highest BCUT2D eigenvalue weighted by molar-refractivity contribution is 6.07. The quantitative estimate of drug-likeness (QED) is 0.898. The van der Waals surface area contributed by atoms with E-state index in [1.54, 1.807) is 6.92 Å². The van der Waals surface area contributed by atoms with Crippen molar-refractivity contribution in [1.29, 1.82) is 0 Å². The molecule has 0 spiro atoms. The Labute approximate surface area is 135 Å². The number of pyridine rings is 1. The van der Waals surface area contributed by atoms with Gasteiger partial charge in [-0.15, -0.1) is 0 Å². The molecule has 0 atom stereocenters. The number of aromatic carboxylic acids is 1. The Morgan fingerprint density at radius 3 is 2.70 bits per heavy atom. The molecule has 0 saturated heterocycles. The van der Waals surface area contributed by atoms with E-state index in [0.29, 0.717) is 22.3 Å². The lowest BCUT2D eigenvalue weighted by Gasteiger charge is -2.20. The third-order valence-corrected chi connectivity index (χ3v) is 4.59. The highest BCUT2D eigenvalue weighted by Gasteiger charge is 2.23. The van der Waals surface area contributed by atoms with E-state index in [1.807, 2.05) is 12.1 Å². The Balaban J connectivity index is 2.25. The highest BCUT2D eigenvalue weighted by Crippen LogP contribution is 2.38. The maximum Gasteiger partial charge on any atom is 0.339 e. The third-order valence-electron chi connectivity index (χ3n) is 4.59. The van der Waals surface area contributed by atoms with Gasteiger partial charge in [-0.25, -0.2) is 4.79 Å². The van der Waals surface area contributed by atoms with Gasteiger partial charge in [0.25, 0.3) is 0 Å². The molecular formula is C18H22N2O3. The number of benzene rings is 1. The minimum Gasteiger partial charge on any atom is -0.489 e. The van der Waals surface area contributed by atoms with Crippen molar-refractivity contribution in [2.45, 2.75) is 52.1 Å². The molecule has 1 aliphatic rings. The first-order valence-corrected chi connectivity index (χ1v) is 8.14. The number of rotatable bonds is 4. The molecular weight excluding hydrogens is 292 g/mol. The van der Waals surface area contributed by atoms with Crippen molar-refractivity contribution in [3.05, 3.63) is 29.0 Å². The van der Waals surface area contributed by atoms with Crippen molar-refractivity contribution >= 4 is 22.6 Å². The van der Waals surface area contributed by atoms with Gasteiger partial charge in [0, 0.05) is 0 Å². The molecule has 5 heteroatoms. The molecule has 1 aromatic heterocycles. The summed E-state index contributed by atoms with van der Waals surface area (Å²) in [6.07, 6.45) is 5.39. The second-order valence-corrected chi connectivity index (χ2v) is 6.12. The molecule has 0 bridgehead atoms. The van der Waals surface area contributed by atoms with Crippen molar-refractivity contribution in [3.63, 3.8) is 0 Å². The molecule has 23 heavy (non-hydrogen) atoms. The van der Waals surface area contributed by atoms with Crippen LogP contribution in [0.25, 0.3) is 10.9 Å². The summed E-state index contributed by atoms with van der Waals surface area (Å²) in [5, 5.41) is 10.1. The van der Waals surface area contributed by atoms with Crippen LogP contribution in [0.3, 0.4) is 0 Å². The first kappa shape index (κ1) is 15.6. The van der Waals surface area contributed by atoms with E-state index < -0.39 is 5.97 Å². The largest absolute Gasteiger partial charge is 0.489 e. The summed E-state index contributed by atoms with van der Waals surface area (Å²) in [6, 6.07) is 3.89. The summed E-state index contributed by atoms with van der Waals surface area (Å²) in [7, 11) is 0. The number of nitrogens with zero attached hydrogens (tertiary/aromatic N) is 1. The number of fused-ring (bicyclic) bond motifs is 1. The highest BCUT2D eigenvalue weighted by atomic mass is 16.5. The van der Waals surface area contributed by atoms with Crippen LogP contribution < -0.4 is 10.5 Å². The molecule has 1 heterocycles. The summed E-state index contributed by atoms with van der Waals surface area (Å²) < 4.78 is 6.25. The van der Waals surface area contributed by atoms with E-state index >= 15 is 0 Å². The Kier molecular flexibility index (Phi) is 4.11. The van der Waals surface area contributed by atoms with Crippen LogP contribution in [0.2, 0.25) is 0 Å². The number of anilines is 1. The molecule has 1 aliphatic carbocycles. The Morgan fingerprint density at radius 1 is 1.39 bits per heavy atom. The molecule has 122 valence electrons. The lowest BCUT2D eigenvalue weighted by atomic mass is 10.0. The Hall–Kier alpha value is -2.30. The average Bonchev–Trinajstić information content (AvgIpc) is 2.99. The summed E-state index contributed by atoms with van der Waals surface area (Å²) in [5.74, 6) is -0.340. The number of hydrogen-bond acceptors (Lipinski definition) is 4. The van der Waals surface area contributed by atoms with E-state index in [9.17, 15) is 9.90 Å². The first-order valence-electron chi connectivity index (χ1n) is 8.14. The summed E-state index contributed by atoms with van der Waals surface area (Å²) >= 11 is 0. The number of ether oxygens (including phenoxy) is 1. The van der Waals surface area contributed by atoms with Gasteiger partial charge in [0.1, 0.15) is 11.3 Å². The fraction of sp³-hybridized carbons (Fsp3) is 0.444. The van der Waals surface area contributed by atoms with Crippen LogP contribution in [0.5, 0.6) is 5.75 Å². The molecule has 3 N–H and O–H groups in total. The van der Waals surface area contributed by atoms with Crippen LogP contribution in [0, 0.1) is 6.92 Å². The molecule has 0 radical (unpaired) electrons. The minimum absolute atomic E-state index is 0.0713. The molecule has 1 saturated carbocycles. The molecule has 1 fully saturated rings. The molecule has 0 unspecified atom stereocenters. The maximum atomic E-state index is 11.5. The van der Waals surface area contributed by atoms with E-state index in [0.717, 1.165) is 24.8 Å². The number of carboxylic acids is 1. The zero-order chi connectivity index (χ0) is 16.6. The molecule has 5 nitrogen and oxygen atoms in total. The molecule has 0 amide bonds. The van der Waals surface area contributed by atoms with Gasteiger partial charge >= 0.3 is 5.97 Å². The van der Waals surface area contributed by atoms with Crippen molar-refractivity contribution < 1.29 is 14.6 Å². The van der Waals surface area contributed by atoms with Crippen molar-refractivity contribution in [1.82, 2.24) is 4.98 Å². The smallest absolute Gasteiger partial charge is 0.339 e. The minimum atomic E-state index is -1.05. The van der Waals surface area contributed by atoms with Gasteiger partial charge in [0.15, 0.2) is 0 Å². The number of hydrogen-bond donors (Lipinski definition) is 2. The summed E-state index contributed by atoms with van der Waals surface area (Å²) in [4.78, 5) is 16.0. The van der Waals surface area contributed by atoms with E-state index in [4.69, 9.17) is 10.5 Å². The van der Waals surface area contributed by atoms with Crippen molar-refractivity contribution in [3.8, 4) is 5.75 Å². The third kappa shape index (κ3) is 2.71. The number of aryl methyl sites for hydroxylation is 2. The first-order chi connectivity index (χ1) is 11.0. The van der Waals surface area contributed by atoms with Crippen molar-refractivity contribution in [2.24, 2.45) is 0 Å². The second-order valence-electron chi connectivity index (χ2n) is 6.12. The number of aromatic nitrogens is 1. The zero-order valence-corrected chi connectivity index (χ0v) is 13.6. The van der Waals surface area contributed by atoms with Crippen LogP contribution in [0.1, 0.15) is 54.2 Å². The van der Waals surface area contributed by atoms with Crippen LogP contribution in [-0.2, 0) is 6.42 Å². The lowest BCUT2D eigenvalue weighted by Crippen LogP contribution is -2.14. The molecule has 2 aromatic rings. The number of nitrogens with two attached hydrogens (primary N) is 1. The number of carbonyl (C=O) groups is 1. The van der Waals surface area contributed by atoms with Gasteiger partial charge in [-0.3, -0.25) is 4.98 Å². The summed E-state index contributed by atoms with van der Waals surface area (Å²) in [5.41, 5.74) is 8.70. The number of nitrogen functional groups attached to an aromatic ring is 1. The zero-order valence-electron chi connectivity index (χ0n) is 13.6. The van der Waals surface area contributed by atoms with Gasteiger partial charge in [-0.2, -0.15) is 0 Å². The van der Waals surface area contributed by atoms with Gasteiger partial charge < -0.3 is 15.6 Å². The fourth-order valence-electron chi connectivity index (χ4n) is 3.38. The Bertz CT molecular complexity index is 765. The predicted molar refractivity (Wildman–Crippen MR) is 90.1 cm³/mol. The molecule has 1 aromatic carbocycles. The Morgan fingerprint density at radius 2 is 2.09 bits per heavy atom. The maximum absolute atomic E-state index is 11.5. The summed E-state index contributed by atoms with van der Waals surface area (Å²) in [6.45, 7) is 3.73. The van der Waals surface area contributed by atoms with Crippen molar-refractivity contribution in [2.75, 3.05) is 5.73 Å². The number of carboxylic acid groups (broad SMARTS) is 1. The SMILES string of the molecule is CCc1ccc2nc(C)c(C(=O)O)c(N)c2c1OC1CCCC1. The van der Waals surface area contributed by atoms with Gasteiger partial charge in [-0.05, 0) is 50.7 Å². The second kappa shape index (κ2) is 6.07. The van der Waals surface area contributed by atoms with Gasteiger partial charge in [0.05, 0.1) is 28.4 Å². The average molecular weight is 314 g/mol. The van der Waals surface area contributed by atoms with Crippen LogP contribution in [-0.4, -0.2) is 22.2 Å². The lowest BCUT2D eigenvalue weighted by molar-refractivity contribution is 0.0697. The van der Waals surface area contributed by atoms with Gasteiger partial charge in [-0.1, -0.05) is 13.0 Å². The fourth-order valence-corrected chi connectivity index (χ4v) is 3.38. The monoisotopic (exact) mass is 314 g/mol. The van der Waals surface area contributed by atoms with E-state index in [2.05, 4.69) is 11.9 Å². The van der Waals surface area contributed by atoms with Crippen LogP contribution >= 0.6 is 0 Å². The van der Waals surface area contributed by atoms with E-state index in [1.165, 1.54) is 12.8 Å². The van der Waals surface area contributed by atoms with E-state index in [-0.39, 0.29) is 17.4 Å².